The van der Waals surface area contributed by atoms with Crippen LogP contribution in [0.1, 0.15) is 57.6 Å². The van der Waals surface area contributed by atoms with Gasteiger partial charge in [-0.05, 0) is 42.3 Å². The van der Waals surface area contributed by atoms with Crippen LogP contribution < -0.4 is 5.32 Å². The minimum atomic E-state index is 0. The number of piperidine rings is 1. The lowest BCUT2D eigenvalue weighted by molar-refractivity contribution is 0.108. The number of halogens is 1. The van der Waals surface area contributed by atoms with Crippen molar-refractivity contribution in [3.05, 3.63) is 35.4 Å². The highest BCUT2D eigenvalue weighted by Gasteiger charge is 2.13. The van der Waals surface area contributed by atoms with Gasteiger partial charge in [0.25, 0.3) is 0 Å². The van der Waals surface area contributed by atoms with Crippen molar-refractivity contribution in [2.75, 3.05) is 13.2 Å². The van der Waals surface area contributed by atoms with Crippen LogP contribution in [0.2, 0.25) is 0 Å². The summed E-state index contributed by atoms with van der Waals surface area (Å²) in [5, 5.41) is 3.56. The molecule has 1 saturated heterocycles. The first-order valence-electron chi connectivity index (χ1n) is 7.96. The fourth-order valence-electron chi connectivity index (χ4n) is 2.69. The summed E-state index contributed by atoms with van der Waals surface area (Å²) in [5.41, 5.74) is 2.88. The number of hydrogen-bond donors (Lipinski definition) is 1. The van der Waals surface area contributed by atoms with Crippen LogP contribution in [0.5, 0.6) is 0 Å². The molecule has 0 radical (unpaired) electrons. The quantitative estimate of drug-likeness (QED) is 0.811. The second-order valence-electron chi connectivity index (χ2n) is 6.94. The Morgan fingerprint density at radius 1 is 1.14 bits per heavy atom. The number of benzene rings is 1. The topological polar surface area (TPSA) is 21.3 Å². The average Bonchev–Trinajstić information content (AvgIpc) is 2.44. The molecule has 0 bridgehead atoms. The Morgan fingerprint density at radius 2 is 1.86 bits per heavy atom. The predicted octanol–water partition coefficient (Wildman–Crippen LogP) is 4.45. The molecule has 0 aromatic heterocycles. The lowest BCUT2D eigenvalue weighted by Crippen LogP contribution is -2.34. The normalized spacial score (nSPS) is 19.1. The van der Waals surface area contributed by atoms with Crippen molar-refractivity contribution in [2.24, 2.45) is 0 Å². The van der Waals surface area contributed by atoms with E-state index < -0.39 is 0 Å². The molecule has 0 aliphatic carbocycles. The summed E-state index contributed by atoms with van der Waals surface area (Å²) >= 11 is 0. The summed E-state index contributed by atoms with van der Waals surface area (Å²) in [4.78, 5) is 0. The molecule has 1 aliphatic heterocycles. The van der Waals surface area contributed by atoms with Crippen LogP contribution in [0.15, 0.2) is 24.3 Å². The predicted molar refractivity (Wildman–Crippen MR) is 92.3 cm³/mol. The van der Waals surface area contributed by atoms with Crippen LogP contribution in [0.25, 0.3) is 0 Å². The molecule has 1 N–H and O–H groups in total. The van der Waals surface area contributed by atoms with Gasteiger partial charge in [0.15, 0.2) is 0 Å². The highest BCUT2D eigenvalue weighted by Crippen LogP contribution is 2.22. The zero-order valence-electron chi connectivity index (χ0n) is 13.7. The average molecular weight is 312 g/mol. The molecular weight excluding hydrogens is 282 g/mol. The van der Waals surface area contributed by atoms with E-state index in [1.54, 1.807) is 0 Å². The van der Waals surface area contributed by atoms with Gasteiger partial charge in [0.05, 0.1) is 6.61 Å². The Morgan fingerprint density at radius 3 is 2.43 bits per heavy atom. The minimum absolute atomic E-state index is 0. The van der Waals surface area contributed by atoms with E-state index in [0.717, 1.165) is 19.6 Å². The van der Waals surface area contributed by atoms with E-state index in [-0.39, 0.29) is 17.8 Å². The van der Waals surface area contributed by atoms with Crippen molar-refractivity contribution in [3.63, 3.8) is 0 Å². The fourth-order valence-corrected chi connectivity index (χ4v) is 2.69. The van der Waals surface area contributed by atoms with Crippen LogP contribution >= 0.6 is 12.4 Å². The molecule has 1 aromatic rings. The third-order valence-corrected chi connectivity index (χ3v) is 4.11. The molecular formula is C18H30ClNO. The second-order valence-corrected chi connectivity index (χ2v) is 6.94. The Bertz CT molecular complexity index is 391. The summed E-state index contributed by atoms with van der Waals surface area (Å²) in [7, 11) is 0. The van der Waals surface area contributed by atoms with Crippen molar-refractivity contribution < 1.29 is 4.74 Å². The van der Waals surface area contributed by atoms with E-state index in [1.807, 2.05) is 0 Å². The minimum Gasteiger partial charge on any atom is -0.377 e. The molecule has 1 aromatic carbocycles. The van der Waals surface area contributed by atoms with Gasteiger partial charge in [0.1, 0.15) is 0 Å². The molecule has 1 unspecified atom stereocenters. The molecule has 0 saturated carbocycles. The fraction of sp³-hybridized carbons (Fsp3) is 0.667. The van der Waals surface area contributed by atoms with E-state index in [0.29, 0.717) is 6.04 Å². The van der Waals surface area contributed by atoms with Crippen molar-refractivity contribution in [1.82, 2.24) is 5.32 Å². The third kappa shape index (κ3) is 6.37. The number of nitrogens with one attached hydrogen (secondary N) is 1. The highest BCUT2D eigenvalue weighted by atomic mass is 35.5. The zero-order valence-corrected chi connectivity index (χ0v) is 14.5. The van der Waals surface area contributed by atoms with Crippen LogP contribution in [-0.2, 0) is 16.8 Å². The molecule has 0 amide bonds. The lowest BCUT2D eigenvalue weighted by atomic mass is 9.87. The third-order valence-electron chi connectivity index (χ3n) is 4.11. The van der Waals surface area contributed by atoms with Crippen LogP contribution in [0, 0.1) is 0 Å². The number of ether oxygens (including phenoxy) is 1. The summed E-state index contributed by atoms with van der Waals surface area (Å²) in [6.45, 7) is 9.51. The van der Waals surface area contributed by atoms with Crippen LogP contribution in [-0.4, -0.2) is 19.2 Å². The maximum Gasteiger partial charge on any atom is 0.0716 e. The molecule has 120 valence electrons. The van der Waals surface area contributed by atoms with Crippen LogP contribution in [0.4, 0.5) is 0 Å². The largest absolute Gasteiger partial charge is 0.377 e. The van der Waals surface area contributed by atoms with Gasteiger partial charge in [-0.15, -0.1) is 12.4 Å². The van der Waals surface area contributed by atoms with E-state index in [9.17, 15) is 0 Å². The number of rotatable bonds is 5. The maximum atomic E-state index is 5.81. The second kappa shape index (κ2) is 8.77. The van der Waals surface area contributed by atoms with Crippen molar-refractivity contribution in [1.29, 1.82) is 0 Å². The van der Waals surface area contributed by atoms with Gasteiger partial charge in [0.2, 0.25) is 0 Å². The van der Waals surface area contributed by atoms with Crippen molar-refractivity contribution in [3.8, 4) is 0 Å². The first-order valence-corrected chi connectivity index (χ1v) is 7.96. The molecule has 0 spiro atoms. The monoisotopic (exact) mass is 311 g/mol. The molecule has 2 nitrogen and oxygen atoms in total. The Hall–Kier alpha value is -0.570. The van der Waals surface area contributed by atoms with Crippen molar-refractivity contribution in [2.45, 2.75) is 64.5 Å². The molecule has 3 heteroatoms. The standard InChI is InChI=1S/C18H29NO.ClH/c1-18(2,3)16-9-7-15(8-10-16)14-20-13-11-17-6-4-5-12-19-17;/h7-10,17,19H,4-6,11-14H2,1-3H3;1H. The maximum absolute atomic E-state index is 5.81. The molecule has 1 heterocycles. The zero-order chi connectivity index (χ0) is 14.4. The van der Waals surface area contributed by atoms with E-state index >= 15 is 0 Å². The SMILES string of the molecule is CC(C)(C)c1ccc(COCCC2CCCCN2)cc1.Cl. The summed E-state index contributed by atoms with van der Waals surface area (Å²) in [5.74, 6) is 0. The van der Waals surface area contributed by atoms with Gasteiger partial charge in [-0.3, -0.25) is 0 Å². The highest BCUT2D eigenvalue weighted by molar-refractivity contribution is 5.85. The first-order chi connectivity index (χ1) is 9.55. The van der Waals surface area contributed by atoms with Crippen molar-refractivity contribution >= 4 is 12.4 Å². The van der Waals surface area contributed by atoms with Gasteiger partial charge in [0, 0.05) is 12.6 Å². The molecule has 1 aliphatic rings. The van der Waals surface area contributed by atoms with Gasteiger partial charge >= 0.3 is 0 Å². The van der Waals surface area contributed by atoms with Gasteiger partial charge in [-0.25, -0.2) is 0 Å². The van der Waals surface area contributed by atoms with E-state index in [1.165, 1.54) is 36.9 Å². The summed E-state index contributed by atoms with van der Waals surface area (Å²) < 4.78 is 5.81. The summed E-state index contributed by atoms with van der Waals surface area (Å²) in [6.07, 6.45) is 5.15. The smallest absolute Gasteiger partial charge is 0.0716 e. The molecule has 1 fully saturated rings. The molecule has 2 rings (SSSR count). The van der Waals surface area contributed by atoms with E-state index in [2.05, 4.69) is 50.4 Å². The van der Waals surface area contributed by atoms with Crippen LogP contribution in [0.3, 0.4) is 0 Å². The van der Waals surface area contributed by atoms with Gasteiger partial charge in [-0.1, -0.05) is 51.5 Å². The lowest BCUT2D eigenvalue weighted by Gasteiger charge is -2.23. The summed E-state index contributed by atoms with van der Waals surface area (Å²) in [6, 6.07) is 9.51. The van der Waals surface area contributed by atoms with Gasteiger partial charge < -0.3 is 10.1 Å². The molecule has 21 heavy (non-hydrogen) atoms. The molecule has 1 atom stereocenters. The Balaban J connectivity index is 0.00000220. The van der Waals surface area contributed by atoms with Gasteiger partial charge in [-0.2, -0.15) is 0 Å². The Labute approximate surface area is 136 Å². The van der Waals surface area contributed by atoms with E-state index in [4.69, 9.17) is 4.74 Å². The Kier molecular flexibility index (Phi) is 7.72. The number of hydrogen-bond acceptors (Lipinski definition) is 2. The first kappa shape index (κ1) is 18.5.